The minimum absolute atomic E-state index is 0.886. The van der Waals surface area contributed by atoms with E-state index in [1.54, 1.807) is 0 Å². The van der Waals surface area contributed by atoms with E-state index in [0.717, 1.165) is 38.8 Å². The molecule has 0 amide bonds. The molecule has 10 rings (SSSR count). The summed E-state index contributed by atoms with van der Waals surface area (Å²) in [6, 6.07) is 30.8. The number of anilines is 3. The van der Waals surface area contributed by atoms with Gasteiger partial charge in [0.25, 0.3) is 0 Å². The molecule has 0 aliphatic heterocycles. The quantitative estimate of drug-likeness (QED) is 0.155. The zero-order valence-corrected chi connectivity index (χ0v) is 44.4. The first-order chi connectivity index (χ1) is 32.8. The van der Waals surface area contributed by atoms with Gasteiger partial charge in [0.2, 0.25) is 0 Å². The molecule has 0 unspecified atom stereocenters. The second kappa shape index (κ2) is 17.0. The first-order valence-electron chi connectivity index (χ1n) is 24.9. The lowest BCUT2D eigenvalue weighted by Crippen LogP contribution is -2.57. The number of rotatable bonds is 6. The number of furan rings is 1. The van der Waals surface area contributed by atoms with E-state index < -0.39 is 0 Å². The fourth-order valence-electron chi connectivity index (χ4n) is 12.5. The largest absolute Gasteiger partial charge is 0.454 e. The van der Waals surface area contributed by atoms with Gasteiger partial charge >= 0.3 is 0 Å². The van der Waals surface area contributed by atoms with Crippen LogP contribution < -0.4 is 103 Å². The van der Waals surface area contributed by atoms with Crippen LogP contribution in [0.5, 0.6) is 0 Å². The normalized spacial score (nSPS) is 11.7. The second-order valence-electron chi connectivity index (χ2n) is 20.6. The van der Waals surface area contributed by atoms with E-state index in [0.29, 0.717) is 0 Å². The van der Waals surface area contributed by atoms with Crippen molar-refractivity contribution in [3.8, 4) is 27.9 Å². The van der Waals surface area contributed by atoms with Crippen LogP contribution >= 0.6 is 0 Å². The van der Waals surface area contributed by atoms with Crippen LogP contribution in [0.4, 0.5) is 17.1 Å². The standard InChI is InChI=1S/C48H50B18N2O/c49-28-24(29(50)37(58)40(61)36(28)57)26-32(53)42(63)46(43(64)33(26)54)68(47-44(65)34(55)27(35(56)45(47)66)25-30(51)38(59)41(62)39(60)31(25)52)20-14-19-22(23-17-11-5-7-13-21(17)69-48(20)23)16-10-4-6-12-18(16)67(19)15-8-2-1-3-9-15/h1-14H,49-66H2. The highest BCUT2D eigenvalue weighted by Crippen LogP contribution is 2.47. The van der Waals surface area contributed by atoms with E-state index in [4.69, 9.17) is 4.42 Å². The van der Waals surface area contributed by atoms with Crippen LogP contribution in [0.3, 0.4) is 0 Å². The number of benzene rings is 8. The molecule has 0 spiro atoms. The Morgan fingerprint density at radius 3 is 1.14 bits per heavy atom. The molecule has 2 aromatic heterocycles. The molecular weight excluding hydrogens is 815 g/mol. The Morgan fingerprint density at radius 2 is 0.696 bits per heavy atom. The minimum Gasteiger partial charge on any atom is -0.454 e. The topological polar surface area (TPSA) is 21.3 Å². The minimum atomic E-state index is 0.886. The van der Waals surface area contributed by atoms with Gasteiger partial charge in [0.15, 0.2) is 5.58 Å². The molecule has 0 atom stereocenters. The van der Waals surface area contributed by atoms with Crippen molar-refractivity contribution in [2.24, 2.45) is 0 Å². The van der Waals surface area contributed by atoms with Crippen molar-refractivity contribution < 1.29 is 4.42 Å². The molecule has 0 saturated carbocycles. The van der Waals surface area contributed by atoms with Crippen molar-refractivity contribution in [1.29, 1.82) is 0 Å². The van der Waals surface area contributed by atoms with Gasteiger partial charge in [0.05, 0.1) is 16.7 Å². The van der Waals surface area contributed by atoms with Gasteiger partial charge in [-0.15, -0.1) is 32.8 Å². The maximum atomic E-state index is 7.33. The average molecular weight is 866 g/mol. The van der Waals surface area contributed by atoms with Gasteiger partial charge in [-0.1, -0.05) is 120 Å². The summed E-state index contributed by atoms with van der Waals surface area (Å²) in [5.74, 6) is 0. The zero-order valence-electron chi connectivity index (χ0n) is 44.4. The predicted octanol–water partition coefficient (Wildman–Crippen LogP) is -17.9. The van der Waals surface area contributed by atoms with Crippen molar-refractivity contribution in [3.63, 3.8) is 0 Å². The Labute approximate surface area is 424 Å². The molecule has 69 heavy (non-hydrogen) atoms. The summed E-state index contributed by atoms with van der Waals surface area (Å²) in [5.41, 5.74) is 38.2. The lowest BCUT2D eigenvalue weighted by molar-refractivity contribution is 0.669. The third-order valence-corrected chi connectivity index (χ3v) is 17.6. The van der Waals surface area contributed by atoms with Crippen molar-refractivity contribution in [2.45, 2.75) is 0 Å². The van der Waals surface area contributed by atoms with Gasteiger partial charge in [0.1, 0.15) is 147 Å². The Hall–Kier alpha value is -5.67. The highest BCUT2D eigenvalue weighted by Gasteiger charge is 2.32. The molecule has 3 nitrogen and oxygen atoms in total. The second-order valence-corrected chi connectivity index (χ2v) is 20.6. The fourth-order valence-corrected chi connectivity index (χ4v) is 12.5. The van der Waals surface area contributed by atoms with Crippen LogP contribution in [0.25, 0.3) is 71.7 Å². The molecular formula is C48H50B18N2O. The van der Waals surface area contributed by atoms with E-state index in [1.807, 2.05) is 0 Å². The van der Waals surface area contributed by atoms with Crippen molar-refractivity contribution >= 4 is 300 Å². The molecule has 21 heteroatoms. The smallest absolute Gasteiger partial charge is 0.160 e. The highest BCUT2D eigenvalue weighted by molar-refractivity contribution is 6.73. The van der Waals surface area contributed by atoms with E-state index in [9.17, 15) is 0 Å². The number of hydrogen-bond acceptors (Lipinski definition) is 2. The lowest BCUT2D eigenvalue weighted by atomic mass is 9.56. The van der Waals surface area contributed by atoms with Gasteiger partial charge in [-0.25, -0.2) is 0 Å². The molecule has 0 fully saturated rings. The van der Waals surface area contributed by atoms with Gasteiger partial charge < -0.3 is 13.9 Å². The third kappa shape index (κ3) is 6.68. The van der Waals surface area contributed by atoms with Crippen LogP contribution in [0.2, 0.25) is 0 Å². The zero-order chi connectivity index (χ0) is 49.4. The summed E-state index contributed by atoms with van der Waals surface area (Å²) in [5, 5.41) is 4.68. The lowest BCUT2D eigenvalue weighted by Gasteiger charge is -2.37. The summed E-state index contributed by atoms with van der Waals surface area (Å²) < 4.78 is 9.80. The van der Waals surface area contributed by atoms with Crippen LogP contribution in [0, 0.1) is 0 Å². The SMILES string of the molecule is Bc1c(B)c(B)c(-c2c(B)c(B)c(N(c3c(B)c(B)c(-c4c(B)c(B)c(B)c(B)c4B)c(B)c3B)c3cc4c(c5ccccc5n4-c4ccccc4)c4c3oc3ccccc34)c(B)c2B)c(B)c1B. The first kappa shape index (κ1) is 47.0. The van der Waals surface area contributed by atoms with Gasteiger partial charge in [-0.3, -0.25) is 0 Å². The average Bonchev–Trinajstić information content (AvgIpc) is 3.90. The van der Waals surface area contributed by atoms with Gasteiger partial charge in [0, 0.05) is 38.6 Å². The van der Waals surface area contributed by atoms with Crippen molar-refractivity contribution in [3.05, 3.63) is 84.9 Å². The molecule has 10 aromatic rings. The number of hydrogen-bond donors (Lipinski definition) is 0. The van der Waals surface area contributed by atoms with E-state index in [2.05, 4.69) is 236 Å². The molecule has 0 bridgehead atoms. The van der Waals surface area contributed by atoms with E-state index in [-0.39, 0.29) is 0 Å². The maximum Gasteiger partial charge on any atom is 0.160 e. The summed E-state index contributed by atoms with van der Waals surface area (Å²) >= 11 is 0. The van der Waals surface area contributed by atoms with Crippen LogP contribution in [0.15, 0.2) is 89.3 Å². The molecule has 8 aromatic carbocycles. The Kier molecular flexibility index (Phi) is 11.6. The van der Waals surface area contributed by atoms with Crippen LogP contribution in [-0.2, 0) is 0 Å². The molecule has 0 aliphatic rings. The highest BCUT2D eigenvalue weighted by atomic mass is 16.3. The number of fused-ring (bicyclic) bond motifs is 7. The summed E-state index contributed by atoms with van der Waals surface area (Å²) in [7, 11) is 42.0. The van der Waals surface area contributed by atoms with Gasteiger partial charge in [-0.2, -0.15) is 0 Å². The number of nitrogens with zero attached hydrogens (tertiary/aromatic N) is 2. The molecule has 0 saturated heterocycles. The fraction of sp³-hybridized carbons (Fsp3) is 0. The summed E-state index contributed by atoms with van der Waals surface area (Å²) in [6.45, 7) is 0. The maximum absolute atomic E-state index is 7.33. The van der Waals surface area contributed by atoms with Crippen molar-refractivity contribution in [2.75, 3.05) is 4.90 Å². The van der Waals surface area contributed by atoms with Gasteiger partial charge in [-0.05, 0) is 52.6 Å². The summed E-state index contributed by atoms with van der Waals surface area (Å²) in [6.07, 6.45) is 0. The predicted molar refractivity (Wildman–Crippen MR) is 361 cm³/mol. The van der Waals surface area contributed by atoms with E-state index in [1.165, 1.54) is 148 Å². The molecule has 2 heterocycles. The molecule has 0 aliphatic carbocycles. The van der Waals surface area contributed by atoms with Crippen LogP contribution in [-0.4, -0.2) is 146 Å². The van der Waals surface area contributed by atoms with Crippen LogP contribution in [0.1, 0.15) is 0 Å². The Morgan fingerprint density at radius 1 is 0.333 bits per heavy atom. The molecule has 0 radical (unpaired) electrons. The molecule has 0 N–H and O–H groups in total. The third-order valence-electron chi connectivity index (χ3n) is 17.6. The van der Waals surface area contributed by atoms with Crippen molar-refractivity contribution in [1.82, 2.24) is 4.57 Å². The molecule has 312 valence electrons. The first-order valence-corrected chi connectivity index (χ1v) is 24.9. The Balaban J connectivity index is 1.42. The number of aromatic nitrogens is 1. The van der Waals surface area contributed by atoms with E-state index >= 15 is 0 Å². The Bertz CT molecular complexity index is 3650. The monoisotopic (exact) mass is 869 g/mol. The summed E-state index contributed by atoms with van der Waals surface area (Å²) in [4.78, 5) is 2.64. The number of para-hydroxylation sites is 3.